The molecular formula is C10H7FN2. The van der Waals surface area contributed by atoms with Crippen LogP contribution in [0.4, 0.5) is 10.1 Å². The third kappa shape index (κ3) is 2.21. The lowest BCUT2D eigenvalue weighted by molar-refractivity contribution is 0.628. The van der Waals surface area contributed by atoms with Crippen molar-refractivity contribution in [3.05, 3.63) is 30.1 Å². The van der Waals surface area contributed by atoms with Gasteiger partial charge in [0.1, 0.15) is 5.82 Å². The first-order chi connectivity index (χ1) is 6.27. The lowest BCUT2D eigenvalue weighted by Crippen LogP contribution is -2.16. The zero-order chi connectivity index (χ0) is 9.68. The Morgan fingerprint density at radius 3 is 2.85 bits per heavy atom. The average Bonchev–Trinajstić information content (AvgIpc) is 2.14. The summed E-state index contributed by atoms with van der Waals surface area (Å²) >= 11 is 0. The van der Waals surface area contributed by atoms with Gasteiger partial charge < -0.3 is 0 Å². The fourth-order valence-electron chi connectivity index (χ4n) is 0.920. The van der Waals surface area contributed by atoms with Gasteiger partial charge in [-0.3, -0.25) is 4.90 Å². The number of halogens is 1. The molecule has 1 aromatic carbocycles. The van der Waals surface area contributed by atoms with Crippen molar-refractivity contribution in [3.63, 3.8) is 0 Å². The molecule has 3 heteroatoms. The molecule has 0 amide bonds. The maximum absolute atomic E-state index is 12.7. The molecule has 1 aromatic rings. The molecule has 0 aliphatic carbocycles. The highest BCUT2D eigenvalue weighted by Gasteiger charge is 2.03. The Morgan fingerprint density at radius 2 is 2.31 bits per heavy atom. The minimum Gasteiger partial charge on any atom is -0.267 e. The van der Waals surface area contributed by atoms with Crippen molar-refractivity contribution in [2.75, 3.05) is 11.4 Å². The Bertz CT molecular complexity index is 373. The molecule has 0 unspecified atom stereocenters. The third-order valence-corrected chi connectivity index (χ3v) is 1.49. The maximum atomic E-state index is 12.7. The summed E-state index contributed by atoms with van der Waals surface area (Å²) in [4.78, 5) is 1.24. The molecule has 0 heterocycles. The molecular weight excluding hydrogens is 167 g/mol. The number of nitriles is 1. The number of hydrogen-bond donors (Lipinski definition) is 0. The smallest absolute Gasteiger partial charge is 0.185 e. The van der Waals surface area contributed by atoms with Crippen LogP contribution in [0.15, 0.2) is 24.3 Å². The quantitative estimate of drug-likeness (QED) is 0.388. The molecule has 64 valence electrons. The van der Waals surface area contributed by atoms with E-state index in [4.69, 9.17) is 11.7 Å². The molecule has 0 N–H and O–H groups in total. The van der Waals surface area contributed by atoms with Crippen molar-refractivity contribution >= 4 is 5.69 Å². The van der Waals surface area contributed by atoms with Crippen LogP contribution in [0.25, 0.3) is 0 Å². The number of nitrogens with zero attached hydrogens (tertiary/aromatic N) is 2. The zero-order valence-electron chi connectivity index (χ0n) is 6.87. The van der Waals surface area contributed by atoms with Gasteiger partial charge in [-0.15, -0.1) is 6.42 Å². The highest BCUT2D eigenvalue weighted by molar-refractivity contribution is 5.51. The van der Waals surface area contributed by atoms with E-state index >= 15 is 0 Å². The van der Waals surface area contributed by atoms with Crippen molar-refractivity contribution in [3.8, 4) is 18.5 Å². The first-order valence-electron chi connectivity index (χ1n) is 3.64. The molecule has 0 saturated heterocycles. The highest BCUT2D eigenvalue weighted by atomic mass is 19.1. The van der Waals surface area contributed by atoms with E-state index in [0.29, 0.717) is 5.69 Å². The summed E-state index contributed by atoms with van der Waals surface area (Å²) in [5.74, 6) is 1.94. The van der Waals surface area contributed by atoms with Gasteiger partial charge in [0.15, 0.2) is 6.19 Å². The first kappa shape index (κ1) is 9.09. The number of hydrogen-bond acceptors (Lipinski definition) is 2. The van der Waals surface area contributed by atoms with Gasteiger partial charge in [0.25, 0.3) is 0 Å². The van der Waals surface area contributed by atoms with Crippen molar-refractivity contribution in [2.45, 2.75) is 0 Å². The van der Waals surface area contributed by atoms with Crippen LogP contribution in [0, 0.1) is 29.6 Å². The van der Waals surface area contributed by atoms with E-state index in [9.17, 15) is 4.39 Å². The van der Waals surface area contributed by atoms with Crippen LogP contribution in [-0.4, -0.2) is 6.54 Å². The molecule has 2 nitrogen and oxygen atoms in total. The van der Waals surface area contributed by atoms with Crippen molar-refractivity contribution in [2.24, 2.45) is 0 Å². The monoisotopic (exact) mass is 174 g/mol. The van der Waals surface area contributed by atoms with Crippen LogP contribution in [0.2, 0.25) is 0 Å². The van der Waals surface area contributed by atoms with Gasteiger partial charge in [-0.25, -0.2) is 4.39 Å². The molecule has 0 spiro atoms. The topological polar surface area (TPSA) is 27.0 Å². The average molecular weight is 174 g/mol. The van der Waals surface area contributed by atoms with E-state index in [1.165, 1.54) is 23.1 Å². The van der Waals surface area contributed by atoms with E-state index < -0.39 is 0 Å². The lowest BCUT2D eigenvalue weighted by Gasteiger charge is -2.11. The molecule has 0 bridgehead atoms. The summed E-state index contributed by atoms with van der Waals surface area (Å²) in [6, 6.07) is 5.74. The summed E-state index contributed by atoms with van der Waals surface area (Å²) < 4.78 is 12.7. The Morgan fingerprint density at radius 1 is 1.54 bits per heavy atom. The van der Waals surface area contributed by atoms with Gasteiger partial charge in [0, 0.05) is 0 Å². The summed E-state index contributed by atoms with van der Waals surface area (Å²) in [6.45, 7) is 0.153. The molecule has 0 saturated carbocycles. The van der Waals surface area contributed by atoms with Crippen LogP contribution in [0.3, 0.4) is 0 Å². The second-order valence-corrected chi connectivity index (χ2v) is 2.37. The van der Waals surface area contributed by atoms with E-state index in [-0.39, 0.29) is 12.4 Å². The van der Waals surface area contributed by atoms with Gasteiger partial charge in [-0.05, 0) is 18.2 Å². The molecule has 0 radical (unpaired) electrons. The standard InChI is InChI=1S/C10H7FN2/c1-2-6-13(8-12)10-5-3-4-9(11)7-10/h1,3-5,7H,6H2. The number of terminal acetylenes is 1. The van der Waals surface area contributed by atoms with E-state index in [1.54, 1.807) is 6.07 Å². The Balaban J connectivity index is 2.94. The fraction of sp³-hybridized carbons (Fsp3) is 0.100. The molecule has 0 aliphatic rings. The van der Waals surface area contributed by atoms with Crippen LogP contribution in [0.5, 0.6) is 0 Å². The van der Waals surface area contributed by atoms with Crippen molar-refractivity contribution in [1.82, 2.24) is 0 Å². The second kappa shape index (κ2) is 4.13. The largest absolute Gasteiger partial charge is 0.267 e. The Labute approximate surface area is 76.2 Å². The molecule has 0 aromatic heterocycles. The summed E-state index contributed by atoms with van der Waals surface area (Å²) in [7, 11) is 0. The normalized spacial score (nSPS) is 8.54. The van der Waals surface area contributed by atoms with Crippen LogP contribution < -0.4 is 4.90 Å². The zero-order valence-corrected chi connectivity index (χ0v) is 6.87. The maximum Gasteiger partial charge on any atom is 0.185 e. The molecule has 13 heavy (non-hydrogen) atoms. The van der Waals surface area contributed by atoms with Gasteiger partial charge in [0.05, 0.1) is 12.2 Å². The molecule has 1 rings (SSSR count). The third-order valence-electron chi connectivity index (χ3n) is 1.49. The molecule has 0 fully saturated rings. The Hall–Kier alpha value is -2.00. The molecule has 0 atom stereocenters. The number of benzene rings is 1. The van der Waals surface area contributed by atoms with Crippen molar-refractivity contribution < 1.29 is 4.39 Å². The molecule has 0 aliphatic heterocycles. The SMILES string of the molecule is C#CCN(C#N)c1cccc(F)c1. The fourth-order valence-corrected chi connectivity index (χ4v) is 0.920. The van der Waals surface area contributed by atoms with Gasteiger partial charge in [0.2, 0.25) is 0 Å². The van der Waals surface area contributed by atoms with Gasteiger partial charge in [-0.1, -0.05) is 12.0 Å². The minimum atomic E-state index is -0.380. The van der Waals surface area contributed by atoms with Crippen LogP contribution >= 0.6 is 0 Å². The summed E-state index contributed by atoms with van der Waals surface area (Å²) in [6.07, 6.45) is 6.91. The van der Waals surface area contributed by atoms with Gasteiger partial charge in [-0.2, -0.15) is 5.26 Å². The van der Waals surface area contributed by atoms with E-state index in [2.05, 4.69) is 5.92 Å². The predicted molar refractivity (Wildman–Crippen MR) is 48.2 cm³/mol. The second-order valence-electron chi connectivity index (χ2n) is 2.37. The van der Waals surface area contributed by atoms with Crippen LogP contribution in [0.1, 0.15) is 0 Å². The van der Waals surface area contributed by atoms with Gasteiger partial charge >= 0.3 is 0 Å². The van der Waals surface area contributed by atoms with Crippen molar-refractivity contribution in [1.29, 1.82) is 5.26 Å². The van der Waals surface area contributed by atoms with E-state index in [0.717, 1.165) is 0 Å². The van der Waals surface area contributed by atoms with Crippen LogP contribution in [-0.2, 0) is 0 Å². The summed E-state index contributed by atoms with van der Waals surface area (Å²) in [5.41, 5.74) is 0.473. The van der Waals surface area contributed by atoms with E-state index in [1.807, 2.05) is 6.19 Å². The highest BCUT2D eigenvalue weighted by Crippen LogP contribution is 2.13. The Kier molecular flexibility index (Phi) is 2.89. The minimum absolute atomic E-state index is 0.153. The number of rotatable bonds is 2. The first-order valence-corrected chi connectivity index (χ1v) is 3.64. The lowest BCUT2D eigenvalue weighted by atomic mass is 10.3. The summed E-state index contributed by atoms with van der Waals surface area (Å²) in [5, 5.41) is 8.66. The number of anilines is 1. The predicted octanol–water partition coefficient (Wildman–Crippen LogP) is 1.75.